The number of nitrogens with zero attached hydrogens (tertiary/aromatic N) is 2. The Bertz CT molecular complexity index is 479. The van der Waals surface area contributed by atoms with E-state index in [-0.39, 0.29) is 12.1 Å². The summed E-state index contributed by atoms with van der Waals surface area (Å²) in [6.45, 7) is 0.167. The number of nitrogen functional groups attached to an aromatic ring is 1. The number of hydrogen-bond donors (Lipinski definition) is 1. The first-order valence-corrected chi connectivity index (χ1v) is 4.38. The molecule has 1 aromatic carbocycles. The smallest absolute Gasteiger partial charge is 0.163 e. The SMILES string of the molecule is Nc1ccn(Cc2cccc(F)c2F)n1. The first kappa shape index (κ1) is 9.64. The van der Waals surface area contributed by atoms with Gasteiger partial charge in [-0.15, -0.1) is 0 Å². The van der Waals surface area contributed by atoms with Crippen molar-refractivity contribution >= 4 is 5.82 Å². The monoisotopic (exact) mass is 209 g/mol. The van der Waals surface area contributed by atoms with Gasteiger partial charge in [-0.2, -0.15) is 5.10 Å². The maximum absolute atomic E-state index is 13.2. The van der Waals surface area contributed by atoms with Crippen molar-refractivity contribution in [1.29, 1.82) is 0 Å². The Morgan fingerprint density at radius 2 is 2.07 bits per heavy atom. The summed E-state index contributed by atoms with van der Waals surface area (Å²) >= 11 is 0. The lowest BCUT2D eigenvalue weighted by molar-refractivity contribution is 0.492. The van der Waals surface area contributed by atoms with E-state index in [4.69, 9.17) is 5.73 Å². The third-order valence-electron chi connectivity index (χ3n) is 2.03. The summed E-state index contributed by atoms with van der Waals surface area (Å²) in [4.78, 5) is 0. The van der Waals surface area contributed by atoms with E-state index in [0.717, 1.165) is 6.07 Å². The zero-order valence-electron chi connectivity index (χ0n) is 7.82. The zero-order valence-corrected chi connectivity index (χ0v) is 7.82. The molecule has 5 heteroatoms. The Morgan fingerprint density at radius 3 is 2.73 bits per heavy atom. The van der Waals surface area contributed by atoms with E-state index in [0.29, 0.717) is 5.82 Å². The fourth-order valence-electron chi connectivity index (χ4n) is 1.31. The Kier molecular flexibility index (Phi) is 2.37. The normalized spacial score (nSPS) is 10.5. The quantitative estimate of drug-likeness (QED) is 0.819. The highest BCUT2D eigenvalue weighted by Gasteiger charge is 2.08. The largest absolute Gasteiger partial charge is 0.382 e. The van der Waals surface area contributed by atoms with Crippen LogP contribution in [0, 0.1) is 11.6 Å². The lowest BCUT2D eigenvalue weighted by Crippen LogP contribution is -2.04. The number of aromatic nitrogens is 2. The van der Waals surface area contributed by atoms with E-state index >= 15 is 0 Å². The molecule has 0 saturated carbocycles. The predicted molar refractivity (Wildman–Crippen MR) is 52.1 cm³/mol. The highest BCUT2D eigenvalue weighted by molar-refractivity contribution is 5.25. The van der Waals surface area contributed by atoms with Gasteiger partial charge in [0.1, 0.15) is 5.82 Å². The van der Waals surface area contributed by atoms with Gasteiger partial charge in [0.15, 0.2) is 11.6 Å². The Labute approximate surface area is 85.1 Å². The molecule has 0 saturated heterocycles. The summed E-state index contributed by atoms with van der Waals surface area (Å²) in [5.74, 6) is -1.34. The third-order valence-corrected chi connectivity index (χ3v) is 2.03. The van der Waals surface area contributed by atoms with Crippen LogP contribution in [0.5, 0.6) is 0 Å². The molecule has 0 bridgehead atoms. The zero-order chi connectivity index (χ0) is 10.8. The van der Waals surface area contributed by atoms with Crippen LogP contribution in [-0.2, 0) is 6.54 Å². The summed E-state index contributed by atoms with van der Waals surface area (Å²) < 4.78 is 27.6. The number of hydrogen-bond acceptors (Lipinski definition) is 2. The van der Waals surface area contributed by atoms with Gasteiger partial charge in [-0.1, -0.05) is 12.1 Å². The van der Waals surface area contributed by atoms with Crippen LogP contribution < -0.4 is 5.73 Å². The molecule has 0 fully saturated rings. The number of halogens is 2. The fraction of sp³-hybridized carbons (Fsp3) is 0.100. The molecule has 0 amide bonds. The molecule has 0 spiro atoms. The molecule has 0 radical (unpaired) electrons. The molecule has 0 unspecified atom stereocenters. The fourth-order valence-corrected chi connectivity index (χ4v) is 1.31. The minimum absolute atomic E-state index is 0.167. The van der Waals surface area contributed by atoms with Gasteiger partial charge in [0.2, 0.25) is 0 Å². The van der Waals surface area contributed by atoms with Crippen molar-refractivity contribution in [3.63, 3.8) is 0 Å². The van der Waals surface area contributed by atoms with Crippen LogP contribution in [0.3, 0.4) is 0 Å². The summed E-state index contributed by atoms with van der Waals surface area (Å²) in [5.41, 5.74) is 5.65. The standard InChI is InChI=1S/C10H9F2N3/c11-8-3-1-2-7(10(8)12)6-15-5-4-9(13)14-15/h1-5H,6H2,(H2,13,14). The molecule has 3 nitrogen and oxygen atoms in total. The van der Waals surface area contributed by atoms with E-state index in [1.807, 2.05) is 0 Å². The second kappa shape index (κ2) is 3.68. The highest BCUT2D eigenvalue weighted by atomic mass is 19.2. The average molecular weight is 209 g/mol. The second-order valence-electron chi connectivity index (χ2n) is 3.15. The Morgan fingerprint density at radius 1 is 1.27 bits per heavy atom. The molecule has 0 aliphatic rings. The molecule has 0 aliphatic carbocycles. The van der Waals surface area contributed by atoms with Crippen molar-refractivity contribution < 1.29 is 8.78 Å². The first-order chi connectivity index (χ1) is 7.16. The minimum atomic E-state index is -0.854. The van der Waals surface area contributed by atoms with Crippen LogP contribution in [0.1, 0.15) is 5.56 Å². The van der Waals surface area contributed by atoms with Crippen molar-refractivity contribution in [1.82, 2.24) is 9.78 Å². The van der Waals surface area contributed by atoms with Gasteiger partial charge in [0.05, 0.1) is 6.54 Å². The van der Waals surface area contributed by atoms with Crippen molar-refractivity contribution in [2.24, 2.45) is 0 Å². The van der Waals surface area contributed by atoms with E-state index < -0.39 is 11.6 Å². The molecule has 1 heterocycles. The number of anilines is 1. The molecule has 2 aromatic rings. The van der Waals surface area contributed by atoms with Crippen molar-refractivity contribution in [3.05, 3.63) is 47.7 Å². The summed E-state index contributed by atoms with van der Waals surface area (Å²) in [7, 11) is 0. The average Bonchev–Trinajstić information content (AvgIpc) is 2.59. The summed E-state index contributed by atoms with van der Waals surface area (Å²) in [6.07, 6.45) is 1.61. The first-order valence-electron chi connectivity index (χ1n) is 4.38. The number of nitrogens with two attached hydrogens (primary N) is 1. The summed E-state index contributed by atoms with van der Waals surface area (Å²) in [6, 6.07) is 5.64. The molecule has 1 aromatic heterocycles. The van der Waals surface area contributed by atoms with Crippen LogP contribution in [0.4, 0.5) is 14.6 Å². The van der Waals surface area contributed by atoms with Gasteiger partial charge >= 0.3 is 0 Å². The lowest BCUT2D eigenvalue weighted by atomic mass is 10.2. The van der Waals surface area contributed by atoms with E-state index in [9.17, 15) is 8.78 Å². The van der Waals surface area contributed by atoms with Gasteiger partial charge in [0.25, 0.3) is 0 Å². The molecule has 2 N–H and O–H groups in total. The van der Waals surface area contributed by atoms with E-state index in [1.165, 1.54) is 16.8 Å². The van der Waals surface area contributed by atoms with Crippen molar-refractivity contribution in [3.8, 4) is 0 Å². The van der Waals surface area contributed by atoms with E-state index in [2.05, 4.69) is 5.10 Å². The molecule has 0 atom stereocenters. The lowest BCUT2D eigenvalue weighted by Gasteiger charge is -2.03. The molecule has 2 rings (SSSR count). The van der Waals surface area contributed by atoms with Gasteiger partial charge in [-0.05, 0) is 12.1 Å². The van der Waals surface area contributed by atoms with Gasteiger partial charge in [-0.3, -0.25) is 4.68 Å². The van der Waals surface area contributed by atoms with Gasteiger partial charge < -0.3 is 5.73 Å². The molecule has 15 heavy (non-hydrogen) atoms. The highest BCUT2D eigenvalue weighted by Crippen LogP contribution is 2.12. The van der Waals surface area contributed by atoms with Crippen LogP contribution in [0.25, 0.3) is 0 Å². The van der Waals surface area contributed by atoms with Crippen molar-refractivity contribution in [2.45, 2.75) is 6.54 Å². The van der Waals surface area contributed by atoms with E-state index in [1.54, 1.807) is 12.3 Å². The topological polar surface area (TPSA) is 43.8 Å². The number of benzene rings is 1. The molecular weight excluding hydrogens is 200 g/mol. The predicted octanol–water partition coefficient (Wildman–Crippen LogP) is 1.79. The maximum atomic E-state index is 13.2. The third kappa shape index (κ3) is 1.96. The van der Waals surface area contributed by atoms with Gasteiger partial charge in [0, 0.05) is 11.8 Å². The second-order valence-corrected chi connectivity index (χ2v) is 3.15. The summed E-state index contributed by atoms with van der Waals surface area (Å²) in [5, 5.41) is 3.88. The Hall–Kier alpha value is -1.91. The Balaban J connectivity index is 2.28. The maximum Gasteiger partial charge on any atom is 0.163 e. The number of rotatable bonds is 2. The van der Waals surface area contributed by atoms with Crippen LogP contribution in [0.2, 0.25) is 0 Å². The molecule has 78 valence electrons. The molecule has 0 aliphatic heterocycles. The van der Waals surface area contributed by atoms with Gasteiger partial charge in [-0.25, -0.2) is 8.78 Å². The van der Waals surface area contributed by atoms with Crippen LogP contribution >= 0.6 is 0 Å². The molecular formula is C10H9F2N3. The van der Waals surface area contributed by atoms with Crippen LogP contribution in [-0.4, -0.2) is 9.78 Å². The van der Waals surface area contributed by atoms with Crippen molar-refractivity contribution in [2.75, 3.05) is 5.73 Å². The minimum Gasteiger partial charge on any atom is -0.382 e. The van der Waals surface area contributed by atoms with Crippen LogP contribution in [0.15, 0.2) is 30.5 Å².